The Bertz CT molecular complexity index is 624. The first-order valence-corrected chi connectivity index (χ1v) is 9.35. The Morgan fingerprint density at radius 3 is 2.59 bits per heavy atom. The second-order valence-corrected chi connectivity index (χ2v) is 7.64. The molecule has 0 saturated carbocycles. The van der Waals surface area contributed by atoms with Crippen molar-refractivity contribution >= 4 is 29.6 Å². The molecule has 1 aromatic rings. The number of amides is 2. The van der Waals surface area contributed by atoms with Gasteiger partial charge in [0, 0.05) is 40.0 Å². The van der Waals surface area contributed by atoms with E-state index in [1.807, 2.05) is 6.92 Å². The molecular weight excluding hydrogens is 374 g/mol. The van der Waals surface area contributed by atoms with Gasteiger partial charge in [0.1, 0.15) is 10.0 Å². The summed E-state index contributed by atoms with van der Waals surface area (Å²) in [6, 6.07) is -0.324. The standard InChI is InChI=1S/C15H25N5O3S.CH2O2/c1-10-17-18-14(24-10)9-20-7-6-12(21)11(8-20)16-13(22)4-5-15(23)19(2)3;2-1-3/h11-12,21H,4-9H2,1-3H3,(H,16,22);1H,(H,2,3)/t11-,12+;/m1./s1. The van der Waals surface area contributed by atoms with Gasteiger partial charge in [-0.25, -0.2) is 0 Å². The molecule has 1 aromatic heterocycles. The maximum atomic E-state index is 12.0. The minimum Gasteiger partial charge on any atom is -0.483 e. The summed E-state index contributed by atoms with van der Waals surface area (Å²) in [7, 11) is 3.33. The third-order valence-corrected chi connectivity index (χ3v) is 4.82. The highest BCUT2D eigenvalue weighted by atomic mass is 32.1. The van der Waals surface area contributed by atoms with Crippen LogP contribution in [-0.2, 0) is 20.9 Å². The van der Waals surface area contributed by atoms with Crippen molar-refractivity contribution in [3.8, 4) is 0 Å². The lowest BCUT2D eigenvalue weighted by molar-refractivity contribution is -0.132. The zero-order valence-electron chi connectivity index (χ0n) is 15.8. The number of carboxylic acid groups (broad SMARTS) is 1. The van der Waals surface area contributed by atoms with Gasteiger partial charge in [-0.2, -0.15) is 0 Å². The van der Waals surface area contributed by atoms with E-state index in [-0.39, 0.29) is 37.2 Å². The molecule has 27 heavy (non-hydrogen) atoms. The van der Waals surface area contributed by atoms with E-state index >= 15 is 0 Å². The molecule has 152 valence electrons. The van der Waals surface area contributed by atoms with Crippen LogP contribution in [-0.4, -0.2) is 87.8 Å². The monoisotopic (exact) mass is 401 g/mol. The van der Waals surface area contributed by atoms with Crippen LogP contribution < -0.4 is 5.32 Å². The largest absolute Gasteiger partial charge is 0.483 e. The minimum atomic E-state index is -0.564. The van der Waals surface area contributed by atoms with Gasteiger partial charge in [0.15, 0.2) is 0 Å². The van der Waals surface area contributed by atoms with E-state index in [0.29, 0.717) is 19.5 Å². The van der Waals surface area contributed by atoms with Gasteiger partial charge in [-0.15, -0.1) is 21.5 Å². The molecule has 0 spiro atoms. The molecule has 1 aliphatic heterocycles. The van der Waals surface area contributed by atoms with Crippen molar-refractivity contribution in [3.63, 3.8) is 0 Å². The van der Waals surface area contributed by atoms with Crippen LogP contribution in [0.25, 0.3) is 0 Å². The van der Waals surface area contributed by atoms with Gasteiger partial charge in [0.25, 0.3) is 6.47 Å². The molecule has 0 bridgehead atoms. The number of hydrogen-bond donors (Lipinski definition) is 3. The molecule has 2 heterocycles. The molecular formula is C16H27N5O5S. The average Bonchev–Trinajstić information content (AvgIpc) is 3.01. The molecule has 0 aromatic carbocycles. The summed E-state index contributed by atoms with van der Waals surface area (Å²) in [6.07, 6.45) is 0.343. The van der Waals surface area contributed by atoms with Crippen LogP contribution in [0.1, 0.15) is 29.3 Å². The lowest BCUT2D eigenvalue weighted by Crippen LogP contribution is -2.54. The molecule has 2 atom stereocenters. The number of carbonyl (C=O) groups excluding carboxylic acids is 2. The van der Waals surface area contributed by atoms with Gasteiger partial charge in [-0.05, 0) is 13.3 Å². The van der Waals surface area contributed by atoms with Crippen LogP contribution in [0, 0.1) is 6.92 Å². The van der Waals surface area contributed by atoms with Gasteiger partial charge in [0.2, 0.25) is 11.8 Å². The second kappa shape index (κ2) is 11.6. The molecule has 1 fully saturated rings. The number of nitrogens with one attached hydrogen (secondary N) is 1. The Hall–Kier alpha value is -2.11. The van der Waals surface area contributed by atoms with Gasteiger partial charge in [0.05, 0.1) is 18.7 Å². The van der Waals surface area contributed by atoms with Crippen molar-refractivity contribution < 1.29 is 24.6 Å². The fourth-order valence-electron chi connectivity index (χ4n) is 2.61. The Morgan fingerprint density at radius 2 is 2.04 bits per heavy atom. The number of carbonyl (C=O) groups is 3. The second-order valence-electron chi connectivity index (χ2n) is 6.37. The van der Waals surface area contributed by atoms with E-state index in [9.17, 15) is 14.7 Å². The minimum absolute atomic E-state index is 0.0809. The lowest BCUT2D eigenvalue weighted by Gasteiger charge is -2.36. The van der Waals surface area contributed by atoms with E-state index in [1.54, 1.807) is 25.4 Å². The number of likely N-dealkylation sites (tertiary alicyclic amines) is 1. The number of aliphatic hydroxyl groups excluding tert-OH is 1. The predicted octanol–water partition coefficient (Wildman–Crippen LogP) is -0.533. The number of aromatic nitrogens is 2. The molecule has 0 unspecified atom stereocenters. The molecule has 11 heteroatoms. The normalized spacial score (nSPS) is 19.6. The van der Waals surface area contributed by atoms with Crippen molar-refractivity contribution in [1.82, 2.24) is 25.3 Å². The molecule has 1 saturated heterocycles. The Labute approximate surface area is 162 Å². The summed E-state index contributed by atoms with van der Waals surface area (Å²) in [5, 5.41) is 29.9. The van der Waals surface area contributed by atoms with E-state index in [0.717, 1.165) is 16.6 Å². The highest BCUT2D eigenvalue weighted by molar-refractivity contribution is 7.11. The Kier molecular flexibility index (Phi) is 9.83. The highest BCUT2D eigenvalue weighted by Crippen LogP contribution is 2.17. The van der Waals surface area contributed by atoms with Crippen molar-refractivity contribution in [2.75, 3.05) is 27.2 Å². The maximum absolute atomic E-state index is 12.0. The summed E-state index contributed by atoms with van der Waals surface area (Å²) >= 11 is 1.56. The molecule has 2 amide bonds. The van der Waals surface area contributed by atoms with E-state index in [4.69, 9.17) is 9.90 Å². The van der Waals surface area contributed by atoms with Gasteiger partial charge >= 0.3 is 0 Å². The quantitative estimate of drug-likeness (QED) is 0.541. The number of rotatable bonds is 6. The predicted molar refractivity (Wildman–Crippen MR) is 99.1 cm³/mol. The molecule has 3 N–H and O–H groups in total. The summed E-state index contributed by atoms with van der Waals surface area (Å²) in [5.74, 6) is -0.287. The van der Waals surface area contributed by atoms with Crippen LogP contribution in [0.2, 0.25) is 0 Å². The summed E-state index contributed by atoms with van der Waals surface area (Å²) < 4.78 is 0. The molecule has 10 nitrogen and oxygen atoms in total. The van der Waals surface area contributed by atoms with E-state index in [1.165, 1.54) is 4.90 Å². The van der Waals surface area contributed by atoms with Crippen LogP contribution >= 0.6 is 11.3 Å². The topological polar surface area (TPSA) is 136 Å². The first kappa shape index (κ1) is 22.9. The van der Waals surface area contributed by atoms with Crippen LogP contribution in [0.15, 0.2) is 0 Å². The third kappa shape index (κ3) is 8.41. The smallest absolute Gasteiger partial charge is 0.290 e. The van der Waals surface area contributed by atoms with E-state index < -0.39 is 6.10 Å². The van der Waals surface area contributed by atoms with Crippen LogP contribution in [0.3, 0.4) is 0 Å². The number of aliphatic hydroxyl groups is 1. The van der Waals surface area contributed by atoms with Crippen LogP contribution in [0.5, 0.6) is 0 Å². The maximum Gasteiger partial charge on any atom is 0.290 e. The Balaban J connectivity index is 0.00000114. The zero-order chi connectivity index (χ0) is 20.4. The first-order chi connectivity index (χ1) is 12.8. The molecule has 0 radical (unpaired) electrons. The fraction of sp³-hybridized carbons (Fsp3) is 0.688. The van der Waals surface area contributed by atoms with Crippen LogP contribution in [0.4, 0.5) is 0 Å². The molecule has 2 rings (SSSR count). The van der Waals surface area contributed by atoms with Crippen molar-refractivity contribution in [2.45, 2.75) is 44.9 Å². The average molecular weight is 401 g/mol. The number of aryl methyl sites for hydroxylation is 1. The van der Waals surface area contributed by atoms with Crippen molar-refractivity contribution in [3.05, 3.63) is 10.0 Å². The van der Waals surface area contributed by atoms with Crippen molar-refractivity contribution in [2.24, 2.45) is 0 Å². The summed E-state index contributed by atoms with van der Waals surface area (Å²) in [5.41, 5.74) is 0. The van der Waals surface area contributed by atoms with Gasteiger partial charge < -0.3 is 20.4 Å². The molecule has 1 aliphatic rings. The van der Waals surface area contributed by atoms with Gasteiger partial charge in [-0.1, -0.05) is 0 Å². The SMILES string of the molecule is Cc1nnc(CN2CC[C@H](O)[C@H](NC(=O)CCC(=O)N(C)C)C2)s1.O=CO. The van der Waals surface area contributed by atoms with E-state index in [2.05, 4.69) is 20.4 Å². The number of piperidine rings is 1. The fourth-order valence-corrected chi connectivity index (χ4v) is 3.36. The first-order valence-electron chi connectivity index (χ1n) is 8.53. The third-order valence-electron chi connectivity index (χ3n) is 4.00. The van der Waals surface area contributed by atoms with Gasteiger partial charge in [-0.3, -0.25) is 19.3 Å². The lowest BCUT2D eigenvalue weighted by atomic mass is 10.0. The highest BCUT2D eigenvalue weighted by Gasteiger charge is 2.29. The number of hydrogen-bond acceptors (Lipinski definition) is 8. The summed E-state index contributed by atoms with van der Waals surface area (Å²) in [4.78, 5) is 35.5. The molecule has 0 aliphatic carbocycles. The number of nitrogens with zero attached hydrogens (tertiary/aromatic N) is 4. The zero-order valence-corrected chi connectivity index (χ0v) is 16.6. The summed E-state index contributed by atoms with van der Waals surface area (Å²) in [6.45, 7) is 3.65. The Morgan fingerprint density at radius 1 is 1.37 bits per heavy atom. The van der Waals surface area contributed by atoms with Crippen molar-refractivity contribution in [1.29, 1.82) is 0 Å².